The van der Waals surface area contributed by atoms with Gasteiger partial charge in [-0.1, -0.05) is 13.8 Å². The summed E-state index contributed by atoms with van der Waals surface area (Å²) in [5.41, 5.74) is -4.14. The Morgan fingerprint density at radius 1 is 0.882 bits per heavy atom. The Balaban J connectivity index is 5.90. The standard InChI is InChI=1S/C10H13F7/c1-5(2)6(7(11)9(12,13)14)8(3,4)10(15,16)17/h5H,1-4H3. The lowest BCUT2D eigenvalue weighted by atomic mass is 9.77. The number of halogens is 7. The van der Waals surface area contributed by atoms with Crippen molar-refractivity contribution in [2.24, 2.45) is 11.3 Å². The third-order valence-electron chi connectivity index (χ3n) is 2.44. The van der Waals surface area contributed by atoms with Crippen LogP contribution < -0.4 is 0 Å². The van der Waals surface area contributed by atoms with E-state index in [1.165, 1.54) is 0 Å². The summed E-state index contributed by atoms with van der Waals surface area (Å²) >= 11 is 0. The molecule has 0 saturated heterocycles. The van der Waals surface area contributed by atoms with E-state index in [1.807, 2.05) is 0 Å². The van der Waals surface area contributed by atoms with E-state index in [0.29, 0.717) is 13.8 Å². The molecule has 0 amide bonds. The predicted molar refractivity (Wildman–Crippen MR) is 48.9 cm³/mol. The maximum atomic E-state index is 13.1. The summed E-state index contributed by atoms with van der Waals surface area (Å²) in [5, 5.41) is 0. The molecular weight excluding hydrogens is 253 g/mol. The highest BCUT2D eigenvalue weighted by Crippen LogP contribution is 2.49. The van der Waals surface area contributed by atoms with E-state index < -0.39 is 35.1 Å². The first-order valence-electron chi connectivity index (χ1n) is 4.77. The van der Waals surface area contributed by atoms with Crippen LogP contribution in [0.3, 0.4) is 0 Å². The fraction of sp³-hybridized carbons (Fsp3) is 0.800. The Labute approximate surface area is 94.5 Å². The average Bonchev–Trinajstić information content (AvgIpc) is 1.98. The molecule has 0 aliphatic heterocycles. The predicted octanol–water partition coefficient (Wildman–Crippen LogP) is 5.02. The van der Waals surface area contributed by atoms with Gasteiger partial charge in [-0.3, -0.25) is 0 Å². The Morgan fingerprint density at radius 2 is 1.24 bits per heavy atom. The van der Waals surface area contributed by atoms with Gasteiger partial charge in [0.15, 0.2) is 0 Å². The molecule has 0 unspecified atom stereocenters. The van der Waals surface area contributed by atoms with Crippen molar-refractivity contribution in [3.05, 3.63) is 11.4 Å². The van der Waals surface area contributed by atoms with Crippen LogP contribution in [0.5, 0.6) is 0 Å². The van der Waals surface area contributed by atoms with Crippen LogP contribution in [-0.4, -0.2) is 12.4 Å². The van der Waals surface area contributed by atoms with Gasteiger partial charge in [0.05, 0.1) is 5.41 Å². The first-order chi connectivity index (χ1) is 7.23. The van der Waals surface area contributed by atoms with Crippen LogP contribution in [-0.2, 0) is 0 Å². The van der Waals surface area contributed by atoms with E-state index in [4.69, 9.17) is 0 Å². The van der Waals surface area contributed by atoms with Gasteiger partial charge >= 0.3 is 12.4 Å². The summed E-state index contributed by atoms with van der Waals surface area (Å²) in [7, 11) is 0. The highest BCUT2D eigenvalue weighted by atomic mass is 19.4. The van der Waals surface area contributed by atoms with E-state index in [9.17, 15) is 30.7 Å². The summed E-state index contributed by atoms with van der Waals surface area (Å²) in [5.74, 6) is -3.86. The van der Waals surface area contributed by atoms with Gasteiger partial charge in [-0.15, -0.1) is 0 Å². The highest BCUT2D eigenvalue weighted by molar-refractivity contribution is 5.23. The van der Waals surface area contributed by atoms with Crippen molar-refractivity contribution in [1.29, 1.82) is 0 Å². The van der Waals surface area contributed by atoms with Crippen molar-refractivity contribution in [3.8, 4) is 0 Å². The lowest BCUT2D eigenvalue weighted by Gasteiger charge is -2.33. The fourth-order valence-corrected chi connectivity index (χ4v) is 1.55. The Bertz CT molecular complexity index is 304. The molecule has 0 nitrogen and oxygen atoms in total. The third-order valence-corrected chi connectivity index (χ3v) is 2.44. The number of rotatable bonds is 2. The molecule has 102 valence electrons. The largest absolute Gasteiger partial charge is 0.442 e. The minimum Gasteiger partial charge on any atom is -0.202 e. The van der Waals surface area contributed by atoms with Crippen LogP contribution in [0.25, 0.3) is 0 Å². The number of hydrogen-bond acceptors (Lipinski definition) is 0. The monoisotopic (exact) mass is 266 g/mol. The SMILES string of the molecule is CC(C)C(=C(F)C(F)(F)F)C(C)(C)C(F)(F)F. The summed E-state index contributed by atoms with van der Waals surface area (Å²) in [6.07, 6.45) is -10.3. The molecule has 0 rings (SSSR count). The van der Waals surface area contributed by atoms with E-state index in [-0.39, 0.29) is 0 Å². The minimum absolute atomic E-state index is 0.535. The molecule has 0 aliphatic carbocycles. The first-order valence-corrected chi connectivity index (χ1v) is 4.77. The average molecular weight is 266 g/mol. The molecule has 0 heterocycles. The van der Waals surface area contributed by atoms with Crippen molar-refractivity contribution < 1.29 is 30.7 Å². The zero-order chi connectivity index (χ0) is 14.2. The molecule has 0 aromatic rings. The summed E-state index contributed by atoms with van der Waals surface area (Å²) in [6, 6.07) is 0. The summed E-state index contributed by atoms with van der Waals surface area (Å²) < 4.78 is 87.5. The summed E-state index contributed by atoms with van der Waals surface area (Å²) in [4.78, 5) is 0. The van der Waals surface area contributed by atoms with Crippen molar-refractivity contribution >= 4 is 0 Å². The van der Waals surface area contributed by atoms with E-state index in [2.05, 4.69) is 0 Å². The lowest BCUT2D eigenvalue weighted by Crippen LogP contribution is -2.37. The van der Waals surface area contributed by atoms with Crippen molar-refractivity contribution in [2.75, 3.05) is 0 Å². The van der Waals surface area contributed by atoms with Gasteiger partial charge in [-0.25, -0.2) is 4.39 Å². The number of alkyl halides is 6. The molecule has 0 radical (unpaired) electrons. The van der Waals surface area contributed by atoms with Crippen molar-refractivity contribution in [2.45, 2.75) is 40.0 Å². The van der Waals surface area contributed by atoms with E-state index >= 15 is 0 Å². The van der Waals surface area contributed by atoms with Gasteiger partial charge in [-0.05, 0) is 25.3 Å². The topological polar surface area (TPSA) is 0 Å². The Hall–Kier alpha value is -0.750. The van der Waals surface area contributed by atoms with E-state index in [1.54, 1.807) is 0 Å². The van der Waals surface area contributed by atoms with Crippen LogP contribution in [0, 0.1) is 11.3 Å². The maximum absolute atomic E-state index is 13.1. The second kappa shape index (κ2) is 4.49. The molecular formula is C10H13F7. The molecule has 0 N–H and O–H groups in total. The van der Waals surface area contributed by atoms with Gasteiger partial charge in [0.2, 0.25) is 5.83 Å². The zero-order valence-electron chi connectivity index (χ0n) is 9.72. The second-order valence-corrected chi connectivity index (χ2v) is 4.50. The second-order valence-electron chi connectivity index (χ2n) is 4.50. The van der Waals surface area contributed by atoms with Gasteiger partial charge < -0.3 is 0 Å². The molecule has 0 fully saturated rings. The van der Waals surface area contributed by atoms with Crippen LogP contribution in [0.4, 0.5) is 30.7 Å². The van der Waals surface area contributed by atoms with Crippen molar-refractivity contribution in [3.63, 3.8) is 0 Å². The van der Waals surface area contributed by atoms with Gasteiger partial charge in [0, 0.05) is 0 Å². The fourth-order valence-electron chi connectivity index (χ4n) is 1.55. The van der Waals surface area contributed by atoms with E-state index in [0.717, 1.165) is 13.8 Å². The molecule has 0 aromatic heterocycles. The van der Waals surface area contributed by atoms with Gasteiger partial charge in [0.25, 0.3) is 0 Å². The minimum atomic E-state index is -5.40. The van der Waals surface area contributed by atoms with Crippen LogP contribution in [0.2, 0.25) is 0 Å². The smallest absolute Gasteiger partial charge is 0.202 e. The van der Waals surface area contributed by atoms with Crippen LogP contribution in [0.1, 0.15) is 27.7 Å². The first kappa shape index (κ1) is 16.2. The zero-order valence-corrected chi connectivity index (χ0v) is 9.72. The number of allylic oxidation sites excluding steroid dienone is 2. The molecule has 0 atom stereocenters. The third kappa shape index (κ3) is 3.35. The molecule has 17 heavy (non-hydrogen) atoms. The van der Waals surface area contributed by atoms with Gasteiger partial charge in [-0.2, -0.15) is 26.3 Å². The Kier molecular flexibility index (Phi) is 4.30. The molecule has 0 aromatic carbocycles. The summed E-state index contributed by atoms with van der Waals surface area (Å²) in [6.45, 7) is 3.25. The van der Waals surface area contributed by atoms with Crippen LogP contribution >= 0.6 is 0 Å². The molecule has 7 heteroatoms. The molecule has 0 spiro atoms. The molecule has 0 saturated carbocycles. The van der Waals surface area contributed by atoms with Crippen LogP contribution in [0.15, 0.2) is 11.4 Å². The molecule has 0 bridgehead atoms. The Morgan fingerprint density at radius 3 is 1.41 bits per heavy atom. The van der Waals surface area contributed by atoms with Crippen molar-refractivity contribution in [1.82, 2.24) is 0 Å². The maximum Gasteiger partial charge on any atom is 0.442 e. The van der Waals surface area contributed by atoms with Gasteiger partial charge in [0.1, 0.15) is 0 Å². The normalized spacial score (nSPS) is 16.2. The molecule has 0 aliphatic rings. The lowest BCUT2D eigenvalue weighted by molar-refractivity contribution is -0.202. The highest BCUT2D eigenvalue weighted by Gasteiger charge is 2.54. The quantitative estimate of drug-likeness (QED) is 0.616. The number of hydrogen-bond donors (Lipinski definition) is 0.